The molecule has 0 saturated carbocycles. The van der Waals surface area contributed by atoms with Crippen LogP contribution in [0, 0.1) is 0 Å². The van der Waals surface area contributed by atoms with Gasteiger partial charge in [0.2, 0.25) is 0 Å². The number of nitrogens with zero attached hydrogens (tertiary/aromatic N) is 2. The van der Waals surface area contributed by atoms with E-state index in [0.717, 1.165) is 92.0 Å². The zero-order valence-corrected chi connectivity index (χ0v) is 23.0. The van der Waals surface area contributed by atoms with Crippen molar-refractivity contribution in [1.29, 1.82) is 0 Å². The molecule has 2 aromatic heterocycles. The van der Waals surface area contributed by atoms with E-state index in [1.165, 1.54) is 35.2 Å². The van der Waals surface area contributed by atoms with Crippen LogP contribution in [0.3, 0.4) is 0 Å². The molecule has 2 aromatic carbocycles. The predicted molar refractivity (Wildman–Crippen MR) is 156 cm³/mol. The zero-order chi connectivity index (χ0) is 26.0. The van der Waals surface area contributed by atoms with E-state index in [1.54, 1.807) is 0 Å². The van der Waals surface area contributed by atoms with Gasteiger partial charge in [-0.3, -0.25) is 9.97 Å². The van der Waals surface area contributed by atoms with Gasteiger partial charge in [-0.25, -0.2) is 8.42 Å². The van der Waals surface area contributed by atoms with E-state index >= 15 is 0 Å². The molecular formula is C32H37N3O2S. The van der Waals surface area contributed by atoms with Crippen molar-refractivity contribution >= 4 is 37.3 Å². The van der Waals surface area contributed by atoms with Gasteiger partial charge in [0.05, 0.1) is 21.7 Å². The molecule has 0 spiro atoms. The Balaban J connectivity index is 1.08. The summed E-state index contributed by atoms with van der Waals surface area (Å²) in [5, 5.41) is 5.75. The molecule has 0 saturated heterocycles. The Kier molecular flexibility index (Phi) is 7.33. The van der Waals surface area contributed by atoms with Crippen molar-refractivity contribution in [1.82, 2.24) is 9.97 Å². The van der Waals surface area contributed by atoms with Crippen LogP contribution in [-0.4, -0.2) is 30.7 Å². The number of aromatic nitrogens is 2. The fraction of sp³-hybridized carbons (Fsp3) is 0.438. The molecular weight excluding hydrogens is 490 g/mol. The van der Waals surface area contributed by atoms with Crippen LogP contribution in [0.25, 0.3) is 21.8 Å². The van der Waals surface area contributed by atoms with Gasteiger partial charge >= 0.3 is 0 Å². The number of fused-ring (bicyclic) bond motifs is 4. The molecule has 38 heavy (non-hydrogen) atoms. The van der Waals surface area contributed by atoms with Crippen LogP contribution >= 0.6 is 0 Å². The first-order valence-electron chi connectivity index (χ1n) is 14.4. The van der Waals surface area contributed by atoms with E-state index in [4.69, 9.17) is 9.97 Å². The predicted octanol–water partition coefficient (Wildman–Crippen LogP) is 6.99. The number of hydrogen-bond donors (Lipinski definition) is 1. The summed E-state index contributed by atoms with van der Waals surface area (Å²) in [4.78, 5) is 10.3. The highest BCUT2D eigenvalue weighted by atomic mass is 32.2. The molecule has 0 bridgehead atoms. The second-order valence-electron chi connectivity index (χ2n) is 10.9. The Hall–Kier alpha value is -2.99. The molecule has 5 nitrogen and oxygen atoms in total. The van der Waals surface area contributed by atoms with Crippen molar-refractivity contribution in [3.63, 3.8) is 0 Å². The van der Waals surface area contributed by atoms with Gasteiger partial charge in [-0.05, 0) is 87.5 Å². The quantitative estimate of drug-likeness (QED) is 0.238. The molecule has 0 radical (unpaired) electrons. The van der Waals surface area contributed by atoms with Crippen LogP contribution < -0.4 is 5.32 Å². The first kappa shape index (κ1) is 25.3. The minimum absolute atomic E-state index is 0.212. The molecule has 0 aliphatic heterocycles. The Morgan fingerprint density at radius 1 is 0.658 bits per heavy atom. The maximum atomic E-state index is 13.6. The number of pyridine rings is 2. The van der Waals surface area contributed by atoms with E-state index in [1.807, 2.05) is 24.3 Å². The third-order valence-electron chi connectivity index (χ3n) is 8.24. The molecule has 1 N–H and O–H groups in total. The van der Waals surface area contributed by atoms with E-state index in [9.17, 15) is 8.42 Å². The van der Waals surface area contributed by atoms with Gasteiger partial charge in [0, 0.05) is 34.4 Å². The smallest absolute Gasteiger partial charge is 0.179 e. The van der Waals surface area contributed by atoms with Crippen LogP contribution in [-0.2, 0) is 35.5 Å². The lowest BCUT2D eigenvalue weighted by atomic mass is 9.92. The molecule has 2 aliphatic carbocycles. The van der Waals surface area contributed by atoms with Gasteiger partial charge in [0.25, 0.3) is 0 Å². The number of aryl methyl sites for hydroxylation is 2. The Morgan fingerprint density at radius 3 is 2.00 bits per heavy atom. The van der Waals surface area contributed by atoms with Crippen molar-refractivity contribution in [2.75, 3.05) is 17.6 Å². The summed E-state index contributed by atoms with van der Waals surface area (Å²) in [7, 11) is -3.36. The molecule has 4 aromatic rings. The maximum Gasteiger partial charge on any atom is 0.179 e. The molecule has 198 valence electrons. The van der Waals surface area contributed by atoms with Crippen LogP contribution in [0.2, 0.25) is 0 Å². The summed E-state index contributed by atoms with van der Waals surface area (Å²) < 4.78 is 27.2. The number of nitrogens with one attached hydrogen (secondary N) is 1. The largest absolute Gasteiger partial charge is 0.384 e. The minimum Gasteiger partial charge on any atom is -0.384 e. The van der Waals surface area contributed by atoms with Crippen molar-refractivity contribution in [3.8, 4) is 0 Å². The van der Waals surface area contributed by atoms with Gasteiger partial charge in [-0.2, -0.15) is 0 Å². The highest BCUT2D eigenvalue weighted by Crippen LogP contribution is 2.35. The maximum absolute atomic E-state index is 13.6. The monoisotopic (exact) mass is 527 g/mol. The molecule has 0 atom stereocenters. The van der Waals surface area contributed by atoms with Gasteiger partial charge < -0.3 is 5.32 Å². The van der Waals surface area contributed by atoms with Crippen LogP contribution in [0.4, 0.5) is 5.69 Å². The second-order valence-corrected chi connectivity index (χ2v) is 12.9. The third-order valence-corrected chi connectivity index (χ3v) is 10.2. The Labute approximate surface area is 226 Å². The standard InChI is InChI=1S/C32H37N3O2S/c36-38(37,32-25-15-5-9-19-29(25)35-30-20-10-6-16-26(30)32)22-12-2-1-11-21-33-31-23-13-3-7-17-27(23)34-28-18-8-4-14-24(28)31/h3,5,7,9,13,15,17,19H,1-2,4,6,8,10-12,14,16,18,20-22H2,(H,33,34). The van der Waals surface area contributed by atoms with Crippen molar-refractivity contribution < 1.29 is 8.42 Å². The normalized spacial score (nSPS) is 15.4. The van der Waals surface area contributed by atoms with Crippen molar-refractivity contribution in [3.05, 3.63) is 71.0 Å². The number of anilines is 1. The fourth-order valence-corrected chi connectivity index (χ4v) is 8.24. The second kappa shape index (κ2) is 11.0. The summed E-state index contributed by atoms with van der Waals surface area (Å²) in [5.41, 5.74) is 7.78. The van der Waals surface area contributed by atoms with Crippen LogP contribution in [0.15, 0.2) is 53.4 Å². The highest BCUT2D eigenvalue weighted by molar-refractivity contribution is 7.91. The molecule has 0 fully saturated rings. The topological polar surface area (TPSA) is 72.0 Å². The minimum atomic E-state index is -3.36. The molecule has 6 heteroatoms. The average molecular weight is 528 g/mol. The first-order chi connectivity index (χ1) is 18.6. The molecule has 6 rings (SSSR count). The highest BCUT2D eigenvalue weighted by Gasteiger charge is 2.26. The zero-order valence-electron chi connectivity index (χ0n) is 22.1. The lowest BCUT2D eigenvalue weighted by Crippen LogP contribution is -2.16. The number of unbranched alkanes of at least 4 members (excludes halogenated alkanes) is 3. The van der Waals surface area contributed by atoms with Gasteiger partial charge in [0.1, 0.15) is 0 Å². The Morgan fingerprint density at radius 2 is 1.24 bits per heavy atom. The van der Waals surface area contributed by atoms with E-state index in [0.29, 0.717) is 11.3 Å². The van der Waals surface area contributed by atoms with Gasteiger partial charge in [-0.15, -0.1) is 0 Å². The molecule has 2 aliphatic rings. The first-order valence-corrected chi connectivity index (χ1v) is 16.0. The number of benzene rings is 2. The molecule has 2 heterocycles. The fourth-order valence-electron chi connectivity index (χ4n) is 6.34. The molecule has 0 amide bonds. The lowest BCUT2D eigenvalue weighted by Gasteiger charge is -2.21. The summed E-state index contributed by atoms with van der Waals surface area (Å²) in [5.74, 6) is 0.212. The Bertz CT molecular complexity index is 1580. The number of hydrogen-bond acceptors (Lipinski definition) is 5. The SMILES string of the molecule is O=S(=O)(CCCCCCNc1c2c(nc3ccccc13)CCCC2)c1c2c(nc3ccccc13)CCCC2. The van der Waals surface area contributed by atoms with Gasteiger partial charge in [0.15, 0.2) is 9.84 Å². The van der Waals surface area contributed by atoms with Crippen LogP contribution in [0.1, 0.15) is 73.9 Å². The number of sulfone groups is 1. The lowest BCUT2D eigenvalue weighted by molar-refractivity contribution is 0.584. The van der Waals surface area contributed by atoms with Crippen LogP contribution in [0.5, 0.6) is 0 Å². The third kappa shape index (κ3) is 5.03. The average Bonchev–Trinajstić information content (AvgIpc) is 2.94. The summed E-state index contributed by atoms with van der Waals surface area (Å²) in [6, 6.07) is 16.2. The van der Waals surface area contributed by atoms with Gasteiger partial charge in [-0.1, -0.05) is 49.2 Å². The molecule has 0 unspecified atom stereocenters. The van der Waals surface area contributed by atoms with E-state index < -0.39 is 9.84 Å². The van der Waals surface area contributed by atoms with Crippen molar-refractivity contribution in [2.24, 2.45) is 0 Å². The summed E-state index contributed by atoms with van der Waals surface area (Å²) >= 11 is 0. The summed E-state index contributed by atoms with van der Waals surface area (Å²) in [6.07, 6.45) is 12.1. The van der Waals surface area contributed by atoms with Crippen molar-refractivity contribution in [2.45, 2.75) is 81.9 Å². The summed E-state index contributed by atoms with van der Waals surface area (Å²) in [6.45, 7) is 0.899. The number of rotatable bonds is 9. The van der Waals surface area contributed by atoms with E-state index in [-0.39, 0.29) is 5.75 Å². The van der Waals surface area contributed by atoms with E-state index in [2.05, 4.69) is 29.6 Å². The number of para-hydroxylation sites is 2.